The van der Waals surface area contributed by atoms with Gasteiger partial charge in [0.2, 0.25) is 8.32 Å². The molecule has 0 unspecified atom stereocenters. The number of carboxylic acid groups (broad SMARTS) is 1. The summed E-state index contributed by atoms with van der Waals surface area (Å²) in [6.07, 6.45) is 0. The minimum atomic E-state index is -1.92. The van der Waals surface area contributed by atoms with E-state index in [9.17, 15) is 9.59 Å². The van der Waals surface area contributed by atoms with Gasteiger partial charge in [-0.05, 0) is 37.8 Å². The number of benzene rings is 1. The highest BCUT2D eigenvalue weighted by molar-refractivity contribution is 6.70. The van der Waals surface area contributed by atoms with Crippen LogP contribution in [0.1, 0.15) is 10.4 Å². The number of rotatable bonds is 5. The summed E-state index contributed by atoms with van der Waals surface area (Å²) in [6, 6.07) is 4.58. The maximum atomic E-state index is 11.6. The van der Waals surface area contributed by atoms with Crippen molar-refractivity contribution in [2.75, 3.05) is 7.11 Å². The van der Waals surface area contributed by atoms with E-state index >= 15 is 0 Å². The van der Waals surface area contributed by atoms with Gasteiger partial charge in [0.05, 0.1) is 12.7 Å². The van der Waals surface area contributed by atoms with Gasteiger partial charge in [-0.2, -0.15) is 0 Å². The summed E-state index contributed by atoms with van der Waals surface area (Å²) in [6.45, 7) is 5.85. The van der Waals surface area contributed by atoms with Crippen molar-refractivity contribution in [3.05, 3.63) is 23.8 Å². The van der Waals surface area contributed by atoms with Gasteiger partial charge in [-0.3, -0.25) is 4.79 Å². The van der Waals surface area contributed by atoms with Crippen LogP contribution in [0.15, 0.2) is 18.2 Å². The summed E-state index contributed by atoms with van der Waals surface area (Å²) in [7, 11) is -0.476. The lowest BCUT2D eigenvalue weighted by molar-refractivity contribution is -0.131. The molecule has 5 nitrogen and oxygen atoms in total. The van der Waals surface area contributed by atoms with Crippen molar-refractivity contribution in [2.45, 2.75) is 19.6 Å². The van der Waals surface area contributed by atoms with Crippen LogP contribution in [0.2, 0.25) is 19.6 Å². The zero-order valence-corrected chi connectivity index (χ0v) is 11.8. The molecule has 1 rings (SSSR count). The van der Waals surface area contributed by atoms with E-state index in [-0.39, 0.29) is 5.56 Å². The Balaban J connectivity index is 3.25. The van der Waals surface area contributed by atoms with Gasteiger partial charge in [0.25, 0.3) is 5.78 Å². The second kappa shape index (κ2) is 5.22. The third-order valence-corrected chi connectivity index (χ3v) is 2.87. The molecule has 0 aromatic heterocycles. The quantitative estimate of drug-likeness (QED) is 0.503. The molecule has 0 aliphatic carbocycles. The van der Waals surface area contributed by atoms with Crippen LogP contribution in [0.4, 0.5) is 0 Å². The lowest BCUT2D eigenvalue weighted by Gasteiger charge is -2.21. The Kier molecular flexibility index (Phi) is 4.13. The molecule has 98 valence electrons. The van der Waals surface area contributed by atoms with E-state index in [4.69, 9.17) is 14.3 Å². The van der Waals surface area contributed by atoms with Gasteiger partial charge in [-0.1, -0.05) is 0 Å². The molecule has 0 saturated heterocycles. The molecule has 1 N–H and O–H groups in total. The molecule has 0 heterocycles. The van der Waals surface area contributed by atoms with Crippen molar-refractivity contribution < 1.29 is 23.9 Å². The van der Waals surface area contributed by atoms with Crippen molar-refractivity contribution in [1.29, 1.82) is 0 Å². The van der Waals surface area contributed by atoms with Crippen LogP contribution in [0, 0.1) is 0 Å². The maximum Gasteiger partial charge on any atom is 0.377 e. The van der Waals surface area contributed by atoms with Gasteiger partial charge in [0.1, 0.15) is 11.5 Å². The number of carbonyl (C=O) groups is 2. The summed E-state index contributed by atoms with van der Waals surface area (Å²) in [5.41, 5.74) is 0.0178. The Labute approximate surface area is 106 Å². The van der Waals surface area contributed by atoms with E-state index in [2.05, 4.69) is 0 Å². The topological polar surface area (TPSA) is 72.8 Å². The largest absolute Gasteiger partial charge is 0.544 e. The molecular weight excluding hydrogens is 252 g/mol. The molecule has 0 radical (unpaired) electrons. The standard InChI is InChI=1S/C12H16O5Si/c1-16-8-5-6-10(17-18(2,3)4)9(7-8)11(13)12(14)15/h5-7H,1-4H3,(H,14,15). The fourth-order valence-electron chi connectivity index (χ4n) is 1.35. The third-order valence-electron chi connectivity index (χ3n) is 2.04. The Morgan fingerprint density at radius 3 is 2.28 bits per heavy atom. The van der Waals surface area contributed by atoms with Crippen molar-refractivity contribution in [3.63, 3.8) is 0 Å². The van der Waals surface area contributed by atoms with Gasteiger partial charge in [0, 0.05) is 0 Å². The number of ketones is 1. The number of carboxylic acids is 1. The normalized spacial score (nSPS) is 10.9. The van der Waals surface area contributed by atoms with Crippen LogP contribution in [-0.2, 0) is 4.79 Å². The lowest BCUT2D eigenvalue weighted by Crippen LogP contribution is -2.30. The van der Waals surface area contributed by atoms with Crippen molar-refractivity contribution in [3.8, 4) is 11.5 Å². The molecule has 6 heteroatoms. The minimum Gasteiger partial charge on any atom is -0.544 e. The highest BCUT2D eigenvalue weighted by Gasteiger charge is 2.24. The second-order valence-corrected chi connectivity index (χ2v) is 9.14. The summed E-state index contributed by atoms with van der Waals surface area (Å²) >= 11 is 0. The van der Waals surface area contributed by atoms with Crippen LogP contribution < -0.4 is 9.16 Å². The molecule has 0 spiro atoms. The molecular formula is C12H16O5Si. The monoisotopic (exact) mass is 268 g/mol. The van der Waals surface area contributed by atoms with E-state index in [1.54, 1.807) is 12.1 Å². The number of hydrogen-bond acceptors (Lipinski definition) is 4. The smallest absolute Gasteiger partial charge is 0.377 e. The van der Waals surface area contributed by atoms with Gasteiger partial charge in [-0.15, -0.1) is 0 Å². The van der Waals surface area contributed by atoms with Crippen LogP contribution in [0.25, 0.3) is 0 Å². The number of methoxy groups -OCH3 is 1. The molecule has 0 aliphatic heterocycles. The molecule has 0 bridgehead atoms. The highest BCUT2D eigenvalue weighted by Crippen LogP contribution is 2.27. The van der Waals surface area contributed by atoms with Crippen LogP contribution in [-0.4, -0.2) is 32.3 Å². The lowest BCUT2D eigenvalue weighted by atomic mass is 10.1. The van der Waals surface area contributed by atoms with Crippen LogP contribution >= 0.6 is 0 Å². The Hall–Kier alpha value is -1.82. The summed E-state index contributed by atoms with van der Waals surface area (Å²) < 4.78 is 10.7. The maximum absolute atomic E-state index is 11.6. The number of hydrogen-bond donors (Lipinski definition) is 1. The predicted molar refractivity (Wildman–Crippen MR) is 68.9 cm³/mol. The van der Waals surface area contributed by atoms with Gasteiger partial charge >= 0.3 is 5.97 Å². The van der Waals surface area contributed by atoms with Crippen molar-refractivity contribution in [1.82, 2.24) is 0 Å². The van der Waals surface area contributed by atoms with Gasteiger partial charge in [-0.25, -0.2) is 4.79 Å². The molecule has 18 heavy (non-hydrogen) atoms. The molecule has 1 aromatic carbocycles. The van der Waals surface area contributed by atoms with E-state index in [0.29, 0.717) is 11.5 Å². The molecule has 0 saturated carbocycles. The molecule has 0 atom stereocenters. The zero-order valence-electron chi connectivity index (χ0n) is 10.8. The van der Waals surface area contributed by atoms with Crippen LogP contribution in [0.3, 0.4) is 0 Å². The fraction of sp³-hybridized carbons (Fsp3) is 0.333. The fourth-order valence-corrected chi connectivity index (χ4v) is 2.19. The highest BCUT2D eigenvalue weighted by atomic mass is 28.4. The number of aliphatic carboxylic acids is 1. The average molecular weight is 268 g/mol. The second-order valence-electron chi connectivity index (χ2n) is 4.71. The number of carbonyl (C=O) groups excluding carboxylic acids is 1. The average Bonchev–Trinajstić information content (AvgIpc) is 2.26. The predicted octanol–water partition coefficient (Wildman–Crippen LogP) is 2.18. The van der Waals surface area contributed by atoms with E-state index < -0.39 is 20.1 Å². The van der Waals surface area contributed by atoms with E-state index in [1.807, 2.05) is 19.6 Å². The first-order valence-corrected chi connectivity index (χ1v) is 8.80. The summed E-state index contributed by atoms with van der Waals surface area (Å²) in [5, 5.41) is 8.79. The first-order valence-electron chi connectivity index (χ1n) is 5.39. The summed E-state index contributed by atoms with van der Waals surface area (Å²) in [4.78, 5) is 22.4. The minimum absolute atomic E-state index is 0.0178. The molecule has 1 aromatic rings. The first-order chi connectivity index (χ1) is 8.24. The summed E-state index contributed by atoms with van der Waals surface area (Å²) in [5.74, 6) is -1.80. The third kappa shape index (κ3) is 3.59. The van der Waals surface area contributed by atoms with Crippen molar-refractivity contribution >= 4 is 20.1 Å². The zero-order chi connectivity index (χ0) is 13.9. The van der Waals surface area contributed by atoms with Gasteiger partial charge in [0.15, 0.2) is 0 Å². The molecule has 0 aliphatic rings. The Morgan fingerprint density at radius 2 is 1.83 bits per heavy atom. The van der Waals surface area contributed by atoms with Gasteiger partial charge < -0.3 is 14.3 Å². The van der Waals surface area contributed by atoms with Crippen LogP contribution in [0.5, 0.6) is 11.5 Å². The molecule has 0 fully saturated rings. The van der Waals surface area contributed by atoms with Crippen molar-refractivity contribution in [2.24, 2.45) is 0 Å². The number of Topliss-reactive ketones (excluding diaryl/α,β-unsaturated/α-hetero) is 1. The van der Waals surface area contributed by atoms with E-state index in [0.717, 1.165) is 0 Å². The molecule has 0 amide bonds. The first kappa shape index (κ1) is 14.2. The Bertz CT molecular complexity index is 476. The Morgan fingerprint density at radius 1 is 1.22 bits per heavy atom. The van der Waals surface area contributed by atoms with E-state index in [1.165, 1.54) is 13.2 Å². The number of ether oxygens (including phenoxy) is 1. The SMILES string of the molecule is COc1ccc(O[Si](C)(C)C)c(C(=O)C(=O)O)c1.